The molecule has 0 spiro atoms. The third-order valence-corrected chi connectivity index (χ3v) is 3.82. The second-order valence-corrected chi connectivity index (χ2v) is 4.97. The Bertz CT molecular complexity index is 378. The van der Waals surface area contributed by atoms with Crippen molar-refractivity contribution in [2.24, 2.45) is 0 Å². The molecule has 1 aromatic rings. The predicted octanol–water partition coefficient (Wildman–Crippen LogP) is 0.894. The Hall–Kier alpha value is -1.10. The molecule has 1 unspecified atom stereocenters. The summed E-state index contributed by atoms with van der Waals surface area (Å²) in [6.45, 7) is 4.32. The summed E-state index contributed by atoms with van der Waals surface area (Å²) in [5, 5.41) is 12.9. The van der Waals surface area contributed by atoms with Crippen molar-refractivity contribution in [1.82, 2.24) is 10.2 Å². The minimum atomic E-state index is 0.231. The van der Waals surface area contributed by atoms with E-state index in [1.165, 1.54) is 5.56 Å². The maximum Gasteiger partial charge on any atom is 0.122 e. The molecule has 0 amide bonds. The summed E-state index contributed by atoms with van der Waals surface area (Å²) in [4.78, 5) is 2.38. The van der Waals surface area contributed by atoms with Crippen molar-refractivity contribution >= 4 is 0 Å². The standard InChI is InChI=1S/C15H24N2O2/c1-19-15-5-3-2-4-13(15)6-7-14(12-18)17-10-8-16-9-11-17/h2-5,14,16,18H,6-12H2,1H3. The number of piperazine rings is 1. The van der Waals surface area contributed by atoms with E-state index in [4.69, 9.17) is 4.74 Å². The van der Waals surface area contributed by atoms with Gasteiger partial charge in [-0.1, -0.05) is 18.2 Å². The van der Waals surface area contributed by atoms with E-state index < -0.39 is 0 Å². The van der Waals surface area contributed by atoms with Gasteiger partial charge in [-0.3, -0.25) is 4.90 Å². The molecular formula is C15H24N2O2. The fourth-order valence-electron chi connectivity index (χ4n) is 2.67. The zero-order chi connectivity index (χ0) is 13.5. The molecule has 4 heteroatoms. The van der Waals surface area contributed by atoms with E-state index in [9.17, 15) is 5.11 Å². The minimum absolute atomic E-state index is 0.231. The number of methoxy groups -OCH3 is 1. The topological polar surface area (TPSA) is 44.7 Å². The number of hydrogen-bond donors (Lipinski definition) is 2. The van der Waals surface area contributed by atoms with E-state index >= 15 is 0 Å². The Balaban J connectivity index is 1.91. The number of aliphatic hydroxyl groups is 1. The van der Waals surface area contributed by atoms with Gasteiger partial charge in [0, 0.05) is 32.2 Å². The number of nitrogens with one attached hydrogen (secondary N) is 1. The van der Waals surface area contributed by atoms with E-state index in [1.54, 1.807) is 7.11 Å². The fraction of sp³-hybridized carbons (Fsp3) is 0.600. The second kappa shape index (κ2) is 7.48. The normalized spacial score (nSPS) is 18.2. The first-order valence-electron chi connectivity index (χ1n) is 7.02. The number of aliphatic hydroxyl groups excluding tert-OH is 1. The van der Waals surface area contributed by atoms with Crippen LogP contribution >= 0.6 is 0 Å². The minimum Gasteiger partial charge on any atom is -0.496 e. The van der Waals surface area contributed by atoms with Gasteiger partial charge in [0.15, 0.2) is 0 Å². The lowest BCUT2D eigenvalue weighted by Gasteiger charge is -2.34. The van der Waals surface area contributed by atoms with E-state index in [0.29, 0.717) is 0 Å². The molecule has 0 saturated carbocycles. The summed E-state index contributed by atoms with van der Waals surface area (Å²) >= 11 is 0. The molecule has 1 aliphatic heterocycles. The molecule has 0 bridgehead atoms. The quantitative estimate of drug-likeness (QED) is 0.801. The van der Waals surface area contributed by atoms with Crippen LogP contribution in [0.5, 0.6) is 5.75 Å². The Labute approximate surface area is 115 Å². The Morgan fingerprint density at radius 3 is 2.74 bits per heavy atom. The van der Waals surface area contributed by atoms with Gasteiger partial charge in [-0.15, -0.1) is 0 Å². The highest BCUT2D eigenvalue weighted by atomic mass is 16.5. The smallest absolute Gasteiger partial charge is 0.122 e. The summed E-state index contributed by atoms with van der Waals surface area (Å²) in [6, 6.07) is 8.38. The van der Waals surface area contributed by atoms with Crippen molar-refractivity contribution < 1.29 is 9.84 Å². The maximum absolute atomic E-state index is 9.59. The van der Waals surface area contributed by atoms with Crippen LogP contribution in [-0.2, 0) is 6.42 Å². The molecule has 1 aliphatic rings. The third-order valence-electron chi connectivity index (χ3n) is 3.82. The van der Waals surface area contributed by atoms with Crippen molar-refractivity contribution in [3.8, 4) is 5.75 Å². The van der Waals surface area contributed by atoms with Crippen LogP contribution in [0.3, 0.4) is 0 Å². The van der Waals surface area contributed by atoms with Gasteiger partial charge >= 0.3 is 0 Å². The third kappa shape index (κ3) is 3.93. The number of aryl methyl sites for hydroxylation is 1. The lowest BCUT2D eigenvalue weighted by molar-refractivity contribution is 0.104. The average Bonchev–Trinajstić information content (AvgIpc) is 2.49. The molecule has 2 N–H and O–H groups in total. The molecule has 19 heavy (non-hydrogen) atoms. The first kappa shape index (κ1) is 14.3. The van der Waals surface area contributed by atoms with Crippen LogP contribution in [0, 0.1) is 0 Å². The number of hydrogen-bond acceptors (Lipinski definition) is 4. The van der Waals surface area contributed by atoms with E-state index in [2.05, 4.69) is 16.3 Å². The van der Waals surface area contributed by atoms with Crippen LogP contribution in [0.1, 0.15) is 12.0 Å². The molecule has 0 aromatic heterocycles. The van der Waals surface area contributed by atoms with Crippen LogP contribution in [0.15, 0.2) is 24.3 Å². The van der Waals surface area contributed by atoms with Crippen LogP contribution in [-0.4, -0.2) is 55.9 Å². The lowest BCUT2D eigenvalue weighted by atomic mass is 10.0. The van der Waals surface area contributed by atoms with Gasteiger partial charge < -0.3 is 15.2 Å². The molecule has 1 atom stereocenters. The van der Waals surface area contributed by atoms with Crippen molar-refractivity contribution in [2.45, 2.75) is 18.9 Å². The fourth-order valence-corrected chi connectivity index (χ4v) is 2.67. The highest BCUT2D eigenvalue weighted by Gasteiger charge is 2.19. The second-order valence-electron chi connectivity index (χ2n) is 4.97. The van der Waals surface area contributed by atoms with E-state index in [0.717, 1.165) is 44.8 Å². The van der Waals surface area contributed by atoms with Crippen molar-refractivity contribution in [3.05, 3.63) is 29.8 Å². The molecule has 4 nitrogen and oxygen atoms in total. The lowest BCUT2D eigenvalue weighted by Crippen LogP contribution is -2.49. The number of rotatable bonds is 6. The number of ether oxygens (including phenoxy) is 1. The number of nitrogens with zero attached hydrogens (tertiary/aromatic N) is 1. The SMILES string of the molecule is COc1ccccc1CCC(CO)N1CCNCC1. The molecule has 1 saturated heterocycles. The first-order valence-corrected chi connectivity index (χ1v) is 7.02. The van der Waals surface area contributed by atoms with E-state index in [1.807, 2.05) is 18.2 Å². The highest BCUT2D eigenvalue weighted by Crippen LogP contribution is 2.20. The molecule has 1 heterocycles. The molecule has 0 radical (unpaired) electrons. The van der Waals surface area contributed by atoms with Crippen LogP contribution in [0.25, 0.3) is 0 Å². The Morgan fingerprint density at radius 1 is 1.32 bits per heavy atom. The van der Waals surface area contributed by atoms with Crippen LogP contribution in [0.4, 0.5) is 0 Å². The van der Waals surface area contributed by atoms with Gasteiger partial charge in [0.2, 0.25) is 0 Å². The van der Waals surface area contributed by atoms with Crippen LogP contribution in [0.2, 0.25) is 0 Å². The number of benzene rings is 1. The van der Waals surface area contributed by atoms with Gasteiger partial charge in [-0.05, 0) is 24.5 Å². The van der Waals surface area contributed by atoms with Crippen molar-refractivity contribution in [3.63, 3.8) is 0 Å². The summed E-state index contributed by atoms with van der Waals surface area (Å²) in [6.07, 6.45) is 1.91. The van der Waals surface area contributed by atoms with Gasteiger partial charge in [-0.25, -0.2) is 0 Å². The molecule has 0 aliphatic carbocycles. The summed E-state index contributed by atoms with van der Waals surface area (Å²) in [7, 11) is 1.71. The molecular weight excluding hydrogens is 240 g/mol. The monoisotopic (exact) mass is 264 g/mol. The van der Waals surface area contributed by atoms with Gasteiger partial charge in [0.25, 0.3) is 0 Å². The highest BCUT2D eigenvalue weighted by molar-refractivity contribution is 5.33. The van der Waals surface area contributed by atoms with Gasteiger partial charge in [0.1, 0.15) is 5.75 Å². The Morgan fingerprint density at radius 2 is 2.05 bits per heavy atom. The number of para-hydroxylation sites is 1. The van der Waals surface area contributed by atoms with Crippen molar-refractivity contribution in [2.75, 3.05) is 39.9 Å². The predicted molar refractivity (Wildman–Crippen MR) is 76.6 cm³/mol. The van der Waals surface area contributed by atoms with E-state index in [-0.39, 0.29) is 12.6 Å². The Kier molecular flexibility index (Phi) is 5.63. The largest absolute Gasteiger partial charge is 0.496 e. The zero-order valence-corrected chi connectivity index (χ0v) is 11.6. The van der Waals surface area contributed by atoms with Gasteiger partial charge in [-0.2, -0.15) is 0 Å². The maximum atomic E-state index is 9.59. The van der Waals surface area contributed by atoms with Gasteiger partial charge in [0.05, 0.1) is 13.7 Å². The average molecular weight is 264 g/mol. The molecule has 1 aromatic carbocycles. The first-order chi connectivity index (χ1) is 9.35. The zero-order valence-electron chi connectivity index (χ0n) is 11.6. The molecule has 106 valence electrons. The van der Waals surface area contributed by atoms with Crippen LogP contribution < -0.4 is 10.1 Å². The van der Waals surface area contributed by atoms with Crippen molar-refractivity contribution in [1.29, 1.82) is 0 Å². The summed E-state index contributed by atoms with van der Waals surface area (Å²) in [5.41, 5.74) is 1.22. The summed E-state index contributed by atoms with van der Waals surface area (Å²) in [5.74, 6) is 0.944. The summed E-state index contributed by atoms with van der Waals surface area (Å²) < 4.78 is 5.37. The molecule has 2 rings (SSSR count). The molecule has 1 fully saturated rings.